The van der Waals surface area contributed by atoms with E-state index < -0.39 is 0 Å². The molecule has 2 rings (SSSR count). The van der Waals surface area contributed by atoms with Crippen molar-refractivity contribution >= 4 is 0 Å². The molecule has 0 radical (unpaired) electrons. The molecule has 21 heavy (non-hydrogen) atoms. The van der Waals surface area contributed by atoms with Gasteiger partial charge in [0.1, 0.15) is 0 Å². The lowest BCUT2D eigenvalue weighted by Gasteiger charge is -2.43. The van der Waals surface area contributed by atoms with Crippen LogP contribution in [0.25, 0.3) is 0 Å². The van der Waals surface area contributed by atoms with Crippen molar-refractivity contribution in [1.82, 2.24) is 14.7 Å². The van der Waals surface area contributed by atoms with Crippen LogP contribution in [-0.2, 0) is 13.6 Å². The van der Waals surface area contributed by atoms with Crippen molar-refractivity contribution in [3.8, 4) is 0 Å². The lowest BCUT2D eigenvalue weighted by molar-refractivity contribution is 0.0673. The van der Waals surface area contributed by atoms with E-state index in [0.717, 1.165) is 25.3 Å². The smallest absolute Gasteiger partial charge is 0.0597 e. The minimum Gasteiger partial charge on any atom is -0.329 e. The van der Waals surface area contributed by atoms with Gasteiger partial charge in [-0.05, 0) is 38.8 Å². The van der Waals surface area contributed by atoms with Crippen LogP contribution in [0, 0.1) is 6.92 Å². The third kappa shape index (κ3) is 3.86. The van der Waals surface area contributed by atoms with Crippen LogP contribution in [0.1, 0.15) is 63.3 Å². The van der Waals surface area contributed by atoms with Gasteiger partial charge in [-0.1, -0.05) is 32.6 Å². The van der Waals surface area contributed by atoms with Crippen LogP contribution in [0.2, 0.25) is 0 Å². The van der Waals surface area contributed by atoms with Gasteiger partial charge in [0.2, 0.25) is 0 Å². The van der Waals surface area contributed by atoms with Crippen LogP contribution in [0.4, 0.5) is 0 Å². The topological polar surface area (TPSA) is 47.1 Å². The maximum Gasteiger partial charge on any atom is 0.0597 e. The molecule has 0 amide bonds. The van der Waals surface area contributed by atoms with Gasteiger partial charge in [0.05, 0.1) is 11.4 Å². The van der Waals surface area contributed by atoms with Gasteiger partial charge < -0.3 is 5.73 Å². The first kappa shape index (κ1) is 16.5. The molecule has 1 fully saturated rings. The summed E-state index contributed by atoms with van der Waals surface area (Å²) in [6.45, 7) is 7.22. The molecule has 1 aromatic rings. The van der Waals surface area contributed by atoms with E-state index in [4.69, 9.17) is 5.73 Å². The molecule has 0 saturated heterocycles. The highest BCUT2D eigenvalue weighted by molar-refractivity contribution is 5.09. The molecule has 4 heteroatoms. The number of nitrogens with two attached hydrogens (primary N) is 1. The Hall–Kier alpha value is -0.870. The van der Waals surface area contributed by atoms with E-state index in [2.05, 4.69) is 37.0 Å². The monoisotopic (exact) mass is 292 g/mol. The van der Waals surface area contributed by atoms with Crippen LogP contribution in [0.15, 0.2) is 6.07 Å². The van der Waals surface area contributed by atoms with Crippen LogP contribution in [0.3, 0.4) is 0 Å². The van der Waals surface area contributed by atoms with Crippen LogP contribution in [0.5, 0.6) is 0 Å². The standard InChI is InChI=1S/C17H32N4/c1-4-11-21(13-16-12-15(2)19-20(16)3)17(14-18)9-7-5-6-8-10-17/h12H,4-11,13-14,18H2,1-3H3. The number of aryl methyl sites for hydroxylation is 2. The fraction of sp³-hybridized carbons (Fsp3) is 0.824. The number of nitrogens with zero attached hydrogens (tertiary/aromatic N) is 3. The summed E-state index contributed by atoms with van der Waals surface area (Å²) in [6.07, 6.45) is 9.06. The summed E-state index contributed by atoms with van der Waals surface area (Å²) >= 11 is 0. The summed E-state index contributed by atoms with van der Waals surface area (Å²) in [5.74, 6) is 0. The zero-order chi connectivity index (χ0) is 15.3. The molecule has 0 aliphatic heterocycles. The number of rotatable bonds is 6. The van der Waals surface area contributed by atoms with Crippen LogP contribution < -0.4 is 5.73 Å². The second kappa shape index (κ2) is 7.41. The third-order valence-corrected chi connectivity index (χ3v) is 5.03. The molecule has 0 bridgehead atoms. The zero-order valence-electron chi connectivity index (χ0n) is 14.1. The molecular formula is C17H32N4. The fourth-order valence-corrected chi connectivity index (χ4v) is 3.80. The maximum atomic E-state index is 6.27. The van der Waals surface area contributed by atoms with E-state index in [1.54, 1.807) is 0 Å². The highest BCUT2D eigenvalue weighted by Crippen LogP contribution is 2.33. The summed E-state index contributed by atoms with van der Waals surface area (Å²) in [6, 6.07) is 2.21. The van der Waals surface area contributed by atoms with E-state index >= 15 is 0 Å². The second-order valence-corrected chi connectivity index (χ2v) is 6.66. The van der Waals surface area contributed by atoms with Gasteiger partial charge in [0.25, 0.3) is 0 Å². The highest BCUT2D eigenvalue weighted by atomic mass is 15.3. The summed E-state index contributed by atoms with van der Waals surface area (Å²) in [5.41, 5.74) is 8.88. The second-order valence-electron chi connectivity index (χ2n) is 6.66. The molecule has 4 nitrogen and oxygen atoms in total. The third-order valence-electron chi connectivity index (χ3n) is 5.03. The van der Waals surface area contributed by atoms with Crippen molar-refractivity contribution in [2.24, 2.45) is 12.8 Å². The quantitative estimate of drug-likeness (QED) is 0.820. The van der Waals surface area contributed by atoms with Crippen molar-refractivity contribution in [3.05, 3.63) is 17.5 Å². The molecule has 2 N–H and O–H groups in total. The van der Waals surface area contributed by atoms with Crippen LogP contribution in [-0.4, -0.2) is 33.3 Å². The van der Waals surface area contributed by atoms with Crippen molar-refractivity contribution in [2.45, 2.75) is 70.9 Å². The van der Waals surface area contributed by atoms with Gasteiger partial charge in [-0.2, -0.15) is 5.10 Å². The molecule has 1 aliphatic rings. The predicted octanol–water partition coefficient (Wildman–Crippen LogP) is 2.99. The van der Waals surface area contributed by atoms with E-state index in [1.165, 1.54) is 50.6 Å². The van der Waals surface area contributed by atoms with Crippen molar-refractivity contribution in [1.29, 1.82) is 0 Å². The first-order valence-corrected chi connectivity index (χ1v) is 8.56. The number of hydrogen-bond donors (Lipinski definition) is 1. The lowest BCUT2D eigenvalue weighted by Crippen LogP contribution is -2.53. The normalized spacial score (nSPS) is 18.9. The summed E-state index contributed by atoms with van der Waals surface area (Å²) in [7, 11) is 2.05. The van der Waals surface area contributed by atoms with Gasteiger partial charge in [-0.15, -0.1) is 0 Å². The van der Waals surface area contributed by atoms with E-state index in [9.17, 15) is 0 Å². The molecule has 1 aromatic heterocycles. The van der Waals surface area contributed by atoms with Gasteiger partial charge in [-0.3, -0.25) is 9.58 Å². The van der Waals surface area contributed by atoms with Crippen molar-refractivity contribution in [3.63, 3.8) is 0 Å². The molecular weight excluding hydrogens is 260 g/mol. The molecule has 0 aromatic carbocycles. The Balaban J connectivity index is 2.20. The molecule has 1 heterocycles. The van der Waals surface area contributed by atoms with E-state index in [0.29, 0.717) is 0 Å². The number of hydrogen-bond acceptors (Lipinski definition) is 3. The minimum atomic E-state index is 0.199. The Morgan fingerprint density at radius 3 is 2.43 bits per heavy atom. The van der Waals surface area contributed by atoms with E-state index in [-0.39, 0.29) is 5.54 Å². The Kier molecular flexibility index (Phi) is 5.82. The maximum absolute atomic E-state index is 6.27. The van der Waals surface area contributed by atoms with Gasteiger partial charge in [0.15, 0.2) is 0 Å². The minimum absolute atomic E-state index is 0.199. The Morgan fingerprint density at radius 1 is 1.29 bits per heavy atom. The average Bonchev–Trinajstić information content (AvgIpc) is 2.68. The van der Waals surface area contributed by atoms with Gasteiger partial charge >= 0.3 is 0 Å². The summed E-state index contributed by atoms with van der Waals surface area (Å²) in [5, 5.41) is 4.50. The highest BCUT2D eigenvalue weighted by Gasteiger charge is 2.35. The Bertz CT molecular complexity index is 430. The largest absolute Gasteiger partial charge is 0.329 e. The van der Waals surface area contributed by atoms with Crippen molar-refractivity contribution in [2.75, 3.05) is 13.1 Å². The van der Waals surface area contributed by atoms with Gasteiger partial charge in [0, 0.05) is 25.7 Å². The molecule has 120 valence electrons. The SMILES string of the molecule is CCCN(Cc1cc(C)nn1C)C1(CN)CCCCCC1. The average molecular weight is 292 g/mol. The first-order chi connectivity index (χ1) is 10.1. The van der Waals surface area contributed by atoms with Crippen LogP contribution >= 0.6 is 0 Å². The fourth-order valence-electron chi connectivity index (χ4n) is 3.80. The molecule has 1 aliphatic carbocycles. The summed E-state index contributed by atoms with van der Waals surface area (Å²) < 4.78 is 2.03. The number of aromatic nitrogens is 2. The zero-order valence-corrected chi connectivity index (χ0v) is 14.1. The molecule has 0 spiro atoms. The lowest BCUT2D eigenvalue weighted by atomic mass is 9.87. The van der Waals surface area contributed by atoms with Crippen molar-refractivity contribution < 1.29 is 0 Å². The molecule has 0 atom stereocenters. The molecule has 0 unspecified atom stereocenters. The van der Waals surface area contributed by atoms with E-state index in [1.807, 2.05) is 4.68 Å². The Labute approximate surface area is 129 Å². The Morgan fingerprint density at radius 2 is 1.95 bits per heavy atom. The summed E-state index contributed by atoms with van der Waals surface area (Å²) in [4.78, 5) is 2.65. The van der Waals surface area contributed by atoms with Gasteiger partial charge in [-0.25, -0.2) is 0 Å². The first-order valence-electron chi connectivity index (χ1n) is 8.56. The molecule has 1 saturated carbocycles. The predicted molar refractivity (Wildman–Crippen MR) is 88.1 cm³/mol.